The lowest BCUT2D eigenvalue weighted by Gasteiger charge is -2.01. The maximum atomic E-state index is 10.8. The second-order valence-electron chi connectivity index (χ2n) is 2.05. The molecule has 11 heavy (non-hydrogen) atoms. The molecule has 0 aliphatic carbocycles. The zero-order chi connectivity index (χ0) is 8.85. The van der Waals surface area contributed by atoms with Gasteiger partial charge in [0.1, 0.15) is 0 Å². The van der Waals surface area contributed by atoms with E-state index in [-0.39, 0.29) is 5.57 Å². The summed E-state index contributed by atoms with van der Waals surface area (Å²) in [5.74, 6) is -0.570. The Hall–Kier alpha value is -0.700. The Morgan fingerprint density at radius 3 is 2.55 bits per heavy atom. The molecule has 0 saturated heterocycles. The number of carbonyl (C=O) groups is 1. The van der Waals surface area contributed by atoms with Crippen LogP contribution in [0.15, 0.2) is 10.8 Å². The number of hydrogen-bond acceptors (Lipinski definition) is 3. The van der Waals surface area contributed by atoms with E-state index in [1.165, 1.54) is 6.92 Å². The van der Waals surface area contributed by atoms with Crippen molar-refractivity contribution in [2.24, 2.45) is 0 Å². The number of esters is 1. The van der Waals surface area contributed by atoms with Gasteiger partial charge in [0.15, 0.2) is 5.22 Å². The van der Waals surface area contributed by atoms with Crippen molar-refractivity contribution < 1.29 is 14.6 Å². The van der Waals surface area contributed by atoms with Gasteiger partial charge in [-0.05, 0) is 24.9 Å². The van der Waals surface area contributed by atoms with Gasteiger partial charge in [-0.2, -0.15) is 0 Å². The summed E-state index contributed by atoms with van der Waals surface area (Å²) < 4.78 is 4.67. The molecule has 0 aromatic carbocycles. The predicted molar refractivity (Wildman–Crippen MR) is 42.4 cm³/mol. The van der Waals surface area contributed by atoms with E-state index >= 15 is 0 Å². The minimum absolute atomic E-state index is 0.0418. The summed E-state index contributed by atoms with van der Waals surface area (Å²) in [4.78, 5) is 10.8. The summed E-state index contributed by atoms with van der Waals surface area (Å²) in [6.07, 6.45) is 0.752. The van der Waals surface area contributed by atoms with Crippen LogP contribution in [0.25, 0.3) is 0 Å². The number of aliphatic hydroxyl groups excluding tert-OH is 1. The second-order valence-corrected chi connectivity index (χ2v) is 2.41. The van der Waals surface area contributed by atoms with Crippen LogP contribution < -0.4 is 0 Å². The first-order valence-electron chi connectivity index (χ1n) is 3.32. The van der Waals surface area contributed by atoms with E-state index in [9.17, 15) is 4.79 Å². The fourth-order valence-corrected chi connectivity index (χ4v) is 0.464. The summed E-state index contributed by atoms with van der Waals surface area (Å²) in [5, 5.41) is 8.13. The first kappa shape index (κ1) is 10.3. The number of carbonyl (C=O) groups excluding carboxylic acids is 1. The lowest BCUT2D eigenvalue weighted by atomic mass is 10.3. The van der Waals surface area contributed by atoms with Crippen molar-refractivity contribution >= 4 is 17.6 Å². The Balaban J connectivity index is 3.95. The lowest BCUT2D eigenvalue weighted by Crippen LogP contribution is -2.07. The van der Waals surface area contributed by atoms with E-state index in [0.717, 1.165) is 6.42 Å². The molecule has 0 unspecified atom stereocenters. The van der Waals surface area contributed by atoms with E-state index < -0.39 is 11.2 Å². The highest BCUT2D eigenvalue weighted by Crippen LogP contribution is 2.06. The third kappa shape index (κ3) is 3.88. The number of hydrogen-bond donors (Lipinski definition) is 1. The van der Waals surface area contributed by atoms with Crippen LogP contribution in [0.1, 0.15) is 20.3 Å². The molecule has 0 aromatic heterocycles. The van der Waals surface area contributed by atoms with Gasteiger partial charge in [-0.1, -0.05) is 6.92 Å². The number of halogens is 1. The van der Waals surface area contributed by atoms with Gasteiger partial charge in [0.2, 0.25) is 0 Å². The smallest absolute Gasteiger partial charge is 0.338 e. The summed E-state index contributed by atoms with van der Waals surface area (Å²) in [7, 11) is 0. The maximum Gasteiger partial charge on any atom is 0.338 e. The number of aliphatic hydroxyl groups is 1. The lowest BCUT2D eigenvalue weighted by molar-refractivity contribution is -0.139. The number of ether oxygens (including phenoxy) is 1. The Bertz CT molecular complexity index is 171. The quantitative estimate of drug-likeness (QED) is 0.408. The van der Waals surface area contributed by atoms with Gasteiger partial charge in [-0.25, -0.2) is 4.79 Å². The Kier molecular flexibility index (Phi) is 4.70. The van der Waals surface area contributed by atoms with Crippen LogP contribution in [0.5, 0.6) is 0 Å². The Labute approximate surface area is 70.6 Å². The van der Waals surface area contributed by atoms with Crippen LogP contribution in [-0.2, 0) is 9.53 Å². The highest BCUT2D eigenvalue weighted by atomic mass is 35.5. The first-order valence-corrected chi connectivity index (χ1v) is 3.69. The van der Waals surface area contributed by atoms with Crippen LogP contribution in [0, 0.1) is 0 Å². The molecule has 0 aliphatic rings. The molecule has 0 spiro atoms. The average Bonchev–Trinajstić information content (AvgIpc) is 1.98. The molecule has 0 heterocycles. The van der Waals surface area contributed by atoms with Crippen molar-refractivity contribution in [2.45, 2.75) is 20.3 Å². The molecule has 0 saturated carbocycles. The molecule has 0 amide bonds. The molecule has 3 nitrogen and oxygen atoms in total. The van der Waals surface area contributed by atoms with Crippen molar-refractivity contribution in [3.63, 3.8) is 0 Å². The predicted octanol–water partition coefficient (Wildman–Crippen LogP) is 1.97. The minimum Gasteiger partial charge on any atom is -0.498 e. The minimum atomic E-state index is -0.570. The van der Waals surface area contributed by atoms with E-state index in [1.54, 1.807) is 0 Å². The van der Waals surface area contributed by atoms with Crippen molar-refractivity contribution in [1.29, 1.82) is 0 Å². The normalized spacial score (nSPS) is 12.3. The van der Waals surface area contributed by atoms with Gasteiger partial charge in [-0.15, -0.1) is 0 Å². The highest BCUT2D eigenvalue weighted by molar-refractivity contribution is 6.30. The van der Waals surface area contributed by atoms with Crippen LogP contribution in [0.2, 0.25) is 0 Å². The second kappa shape index (κ2) is 5.02. The summed E-state index contributed by atoms with van der Waals surface area (Å²) in [6, 6.07) is 0. The van der Waals surface area contributed by atoms with E-state index in [1.807, 2.05) is 6.92 Å². The Morgan fingerprint density at radius 2 is 2.18 bits per heavy atom. The molecule has 1 N–H and O–H groups in total. The van der Waals surface area contributed by atoms with Crippen LogP contribution in [0.4, 0.5) is 0 Å². The van der Waals surface area contributed by atoms with Crippen molar-refractivity contribution in [2.75, 3.05) is 6.61 Å². The van der Waals surface area contributed by atoms with Gasteiger partial charge in [0.25, 0.3) is 0 Å². The van der Waals surface area contributed by atoms with Gasteiger partial charge in [-0.3, -0.25) is 0 Å². The largest absolute Gasteiger partial charge is 0.498 e. The van der Waals surface area contributed by atoms with Crippen molar-refractivity contribution in [3.8, 4) is 0 Å². The van der Waals surface area contributed by atoms with E-state index in [4.69, 9.17) is 16.7 Å². The maximum absolute atomic E-state index is 10.8. The zero-order valence-electron chi connectivity index (χ0n) is 6.56. The molecule has 0 aliphatic heterocycles. The van der Waals surface area contributed by atoms with Gasteiger partial charge in [0, 0.05) is 0 Å². The molecule has 0 rings (SSSR count). The SMILES string of the molecule is CCCOC(=O)/C(C)=C(/O)Cl. The molecular weight excluding hydrogens is 168 g/mol. The fourth-order valence-electron chi connectivity index (χ4n) is 0.387. The fraction of sp³-hybridized carbons (Fsp3) is 0.571. The average molecular weight is 179 g/mol. The third-order valence-corrected chi connectivity index (χ3v) is 1.34. The molecule has 64 valence electrons. The molecule has 4 heteroatoms. The van der Waals surface area contributed by atoms with Gasteiger partial charge < -0.3 is 9.84 Å². The summed E-state index contributed by atoms with van der Waals surface area (Å²) >= 11 is 5.14. The standard InChI is InChI=1S/C7H11ClO3/c1-3-4-11-7(10)5(2)6(8)9/h9H,3-4H2,1-2H3/b6-5+. The molecular formula is C7H11ClO3. The highest BCUT2D eigenvalue weighted by Gasteiger charge is 2.08. The Morgan fingerprint density at radius 1 is 1.64 bits per heavy atom. The van der Waals surface area contributed by atoms with Crippen molar-refractivity contribution in [1.82, 2.24) is 0 Å². The van der Waals surface area contributed by atoms with E-state index in [2.05, 4.69) is 4.74 Å². The molecule has 0 fully saturated rings. The molecule has 0 bridgehead atoms. The van der Waals surface area contributed by atoms with E-state index in [0.29, 0.717) is 6.61 Å². The monoisotopic (exact) mass is 178 g/mol. The van der Waals surface area contributed by atoms with Gasteiger partial charge >= 0.3 is 5.97 Å². The summed E-state index contributed by atoms with van der Waals surface area (Å²) in [5.41, 5.74) is 0.0418. The van der Waals surface area contributed by atoms with Crippen LogP contribution in [0.3, 0.4) is 0 Å². The van der Waals surface area contributed by atoms with Crippen LogP contribution in [-0.4, -0.2) is 17.7 Å². The third-order valence-electron chi connectivity index (χ3n) is 1.05. The molecule has 0 aromatic rings. The van der Waals surface area contributed by atoms with Crippen molar-refractivity contribution in [3.05, 3.63) is 10.8 Å². The van der Waals surface area contributed by atoms with Gasteiger partial charge in [0.05, 0.1) is 12.2 Å². The first-order chi connectivity index (χ1) is 5.09. The molecule has 0 atom stereocenters. The molecule has 0 radical (unpaired) electrons. The topological polar surface area (TPSA) is 46.5 Å². The zero-order valence-corrected chi connectivity index (χ0v) is 7.31. The summed E-state index contributed by atoms with van der Waals surface area (Å²) in [6.45, 7) is 3.63. The number of rotatable bonds is 3. The van der Waals surface area contributed by atoms with Crippen LogP contribution >= 0.6 is 11.6 Å².